The van der Waals surface area contributed by atoms with Crippen LogP contribution in [0.2, 0.25) is 0 Å². The molecule has 0 saturated carbocycles. The second-order valence-corrected chi connectivity index (χ2v) is 6.66. The van der Waals surface area contributed by atoms with E-state index < -0.39 is 5.82 Å². The highest BCUT2D eigenvalue weighted by Gasteiger charge is 2.20. The number of halogens is 1. The van der Waals surface area contributed by atoms with Gasteiger partial charge in [0.1, 0.15) is 23.0 Å². The third kappa shape index (κ3) is 4.41. The van der Waals surface area contributed by atoms with Gasteiger partial charge in [-0.3, -0.25) is 4.79 Å². The highest BCUT2D eigenvalue weighted by atomic mass is 19.1. The molecule has 4 rings (SSSR count). The maximum atomic E-state index is 13.6. The Kier molecular flexibility index (Phi) is 5.61. The zero-order valence-corrected chi connectivity index (χ0v) is 16.2. The van der Waals surface area contributed by atoms with Gasteiger partial charge in [0, 0.05) is 17.2 Å². The molecular formula is C23H19FN2O4. The van der Waals surface area contributed by atoms with Crippen LogP contribution < -0.4 is 4.74 Å². The fraction of sp³-hybridized carbons (Fsp3) is 0.130. The van der Waals surface area contributed by atoms with E-state index in [1.54, 1.807) is 31.4 Å². The molecule has 2 aromatic heterocycles. The minimum absolute atomic E-state index is 0.176. The zero-order chi connectivity index (χ0) is 20.9. The molecule has 0 aliphatic carbocycles. The third-order valence-electron chi connectivity index (χ3n) is 4.57. The van der Waals surface area contributed by atoms with Gasteiger partial charge >= 0.3 is 0 Å². The summed E-state index contributed by atoms with van der Waals surface area (Å²) in [6.45, 7) is 0.392. The molecule has 4 aromatic rings. The lowest BCUT2D eigenvalue weighted by atomic mass is 10.1. The van der Waals surface area contributed by atoms with Gasteiger partial charge in [-0.1, -0.05) is 11.2 Å². The highest BCUT2D eigenvalue weighted by molar-refractivity contribution is 5.94. The number of aromatic nitrogens is 1. The molecule has 2 heterocycles. The van der Waals surface area contributed by atoms with Crippen molar-refractivity contribution in [2.45, 2.75) is 13.1 Å². The lowest BCUT2D eigenvalue weighted by molar-refractivity contribution is 0.0713. The van der Waals surface area contributed by atoms with Crippen molar-refractivity contribution >= 4 is 5.91 Å². The summed E-state index contributed by atoms with van der Waals surface area (Å²) in [6, 6.07) is 18.3. The molecule has 0 aliphatic heterocycles. The Morgan fingerprint density at radius 1 is 1.07 bits per heavy atom. The molecule has 0 saturated heterocycles. The van der Waals surface area contributed by atoms with Gasteiger partial charge in [0.2, 0.25) is 0 Å². The fourth-order valence-corrected chi connectivity index (χ4v) is 3.07. The van der Waals surface area contributed by atoms with Crippen LogP contribution in [0, 0.1) is 5.82 Å². The number of hydrogen-bond acceptors (Lipinski definition) is 5. The van der Waals surface area contributed by atoms with Crippen molar-refractivity contribution in [3.63, 3.8) is 0 Å². The highest BCUT2D eigenvalue weighted by Crippen LogP contribution is 2.24. The SMILES string of the molecule is COc1ccc(-c2cc(CN(Cc3ccco3)C(=O)c3cccc(F)c3)no2)cc1. The summed E-state index contributed by atoms with van der Waals surface area (Å²) in [6.07, 6.45) is 1.54. The number of hydrogen-bond donors (Lipinski definition) is 0. The number of carbonyl (C=O) groups excluding carboxylic acids is 1. The zero-order valence-electron chi connectivity index (χ0n) is 16.2. The number of carbonyl (C=O) groups is 1. The predicted molar refractivity (Wildman–Crippen MR) is 107 cm³/mol. The van der Waals surface area contributed by atoms with Crippen LogP contribution in [0.4, 0.5) is 4.39 Å². The average molecular weight is 406 g/mol. The van der Waals surface area contributed by atoms with Gasteiger partial charge in [-0.15, -0.1) is 0 Å². The molecule has 0 fully saturated rings. The van der Waals surface area contributed by atoms with E-state index in [-0.39, 0.29) is 24.6 Å². The molecule has 152 valence electrons. The van der Waals surface area contributed by atoms with E-state index in [9.17, 15) is 9.18 Å². The van der Waals surface area contributed by atoms with Crippen LogP contribution >= 0.6 is 0 Å². The van der Waals surface area contributed by atoms with E-state index in [2.05, 4.69) is 5.16 Å². The smallest absolute Gasteiger partial charge is 0.254 e. The van der Waals surface area contributed by atoms with Crippen molar-refractivity contribution in [2.75, 3.05) is 7.11 Å². The van der Waals surface area contributed by atoms with Crippen LogP contribution in [0.25, 0.3) is 11.3 Å². The van der Waals surface area contributed by atoms with Crippen molar-refractivity contribution in [1.29, 1.82) is 0 Å². The van der Waals surface area contributed by atoms with Gasteiger partial charge in [0.05, 0.1) is 26.5 Å². The molecule has 0 aliphatic rings. The molecule has 30 heavy (non-hydrogen) atoms. The average Bonchev–Trinajstić information content (AvgIpc) is 3.45. The van der Waals surface area contributed by atoms with Crippen molar-refractivity contribution in [2.24, 2.45) is 0 Å². The molecule has 2 aromatic carbocycles. The predicted octanol–water partition coefficient (Wildman–Crippen LogP) is 4.92. The quantitative estimate of drug-likeness (QED) is 0.436. The first-order valence-corrected chi connectivity index (χ1v) is 9.29. The number of amides is 1. The first-order valence-electron chi connectivity index (χ1n) is 9.29. The van der Waals surface area contributed by atoms with E-state index in [4.69, 9.17) is 13.7 Å². The molecule has 6 nitrogen and oxygen atoms in total. The van der Waals surface area contributed by atoms with Crippen molar-refractivity contribution < 1.29 is 22.9 Å². The van der Waals surface area contributed by atoms with Crippen LogP contribution in [-0.4, -0.2) is 23.1 Å². The van der Waals surface area contributed by atoms with E-state index in [1.807, 2.05) is 24.3 Å². The maximum absolute atomic E-state index is 13.6. The van der Waals surface area contributed by atoms with Crippen LogP contribution in [-0.2, 0) is 13.1 Å². The monoisotopic (exact) mass is 406 g/mol. The van der Waals surface area contributed by atoms with Crippen LogP contribution in [0.3, 0.4) is 0 Å². The maximum Gasteiger partial charge on any atom is 0.254 e. The van der Waals surface area contributed by atoms with Crippen molar-refractivity contribution in [3.8, 4) is 17.1 Å². The number of nitrogens with zero attached hydrogens (tertiary/aromatic N) is 2. The summed E-state index contributed by atoms with van der Waals surface area (Å²) < 4.78 is 29.6. The number of rotatable bonds is 7. The summed E-state index contributed by atoms with van der Waals surface area (Å²) in [7, 11) is 1.60. The molecule has 0 N–H and O–H groups in total. The first kappa shape index (κ1) is 19.4. The van der Waals surface area contributed by atoms with Crippen LogP contribution in [0.5, 0.6) is 5.75 Å². The summed E-state index contributed by atoms with van der Waals surface area (Å²) in [4.78, 5) is 14.6. The molecule has 0 unspecified atom stereocenters. The molecule has 0 atom stereocenters. The topological polar surface area (TPSA) is 68.7 Å². The van der Waals surface area contributed by atoms with Gasteiger partial charge in [-0.25, -0.2) is 4.39 Å². The third-order valence-corrected chi connectivity index (χ3v) is 4.57. The van der Waals surface area contributed by atoms with Crippen LogP contribution in [0.1, 0.15) is 21.8 Å². The Bertz CT molecular complexity index is 1120. The van der Waals surface area contributed by atoms with E-state index in [0.717, 1.165) is 11.3 Å². The molecular weight excluding hydrogens is 387 g/mol. The summed E-state index contributed by atoms with van der Waals surface area (Å²) in [5, 5.41) is 4.09. The molecule has 1 amide bonds. The van der Waals surface area contributed by atoms with Gasteiger partial charge in [0.15, 0.2) is 5.76 Å². The summed E-state index contributed by atoms with van der Waals surface area (Å²) in [5.74, 6) is 1.12. The summed E-state index contributed by atoms with van der Waals surface area (Å²) >= 11 is 0. The Morgan fingerprint density at radius 3 is 2.60 bits per heavy atom. The van der Waals surface area contributed by atoms with E-state index in [1.165, 1.54) is 29.4 Å². The first-order chi connectivity index (χ1) is 14.6. The molecule has 7 heteroatoms. The Labute approximate surface area is 172 Å². The Morgan fingerprint density at radius 2 is 1.90 bits per heavy atom. The van der Waals surface area contributed by atoms with Gasteiger partial charge in [-0.2, -0.15) is 0 Å². The largest absolute Gasteiger partial charge is 0.497 e. The van der Waals surface area contributed by atoms with Crippen LogP contribution in [0.15, 0.2) is 81.9 Å². The number of methoxy groups -OCH3 is 1. The Balaban J connectivity index is 1.57. The lowest BCUT2D eigenvalue weighted by Crippen LogP contribution is -2.30. The Hall–Kier alpha value is -3.87. The molecule has 0 bridgehead atoms. The van der Waals surface area contributed by atoms with Crippen molar-refractivity contribution in [3.05, 3.63) is 95.8 Å². The van der Waals surface area contributed by atoms with Crippen molar-refractivity contribution in [1.82, 2.24) is 10.1 Å². The van der Waals surface area contributed by atoms with E-state index >= 15 is 0 Å². The molecule has 0 radical (unpaired) electrons. The molecule has 0 spiro atoms. The van der Waals surface area contributed by atoms with Gasteiger partial charge in [-0.05, 0) is 54.6 Å². The fourth-order valence-electron chi connectivity index (χ4n) is 3.07. The standard InChI is InChI=1S/C23H19FN2O4/c1-28-20-9-7-16(8-10-20)22-13-19(25-30-22)14-26(15-21-6-3-11-29-21)23(27)17-4-2-5-18(24)12-17/h2-13H,14-15H2,1H3. The minimum atomic E-state index is -0.470. The normalized spacial score (nSPS) is 10.7. The number of benzene rings is 2. The number of furan rings is 1. The van der Waals surface area contributed by atoms with E-state index in [0.29, 0.717) is 17.2 Å². The second kappa shape index (κ2) is 8.65. The second-order valence-electron chi connectivity index (χ2n) is 6.66. The van der Waals surface area contributed by atoms with Gasteiger partial charge < -0.3 is 18.6 Å². The lowest BCUT2D eigenvalue weighted by Gasteiger charge is -2.20. The minimum Gasteiger partial charge on any atom is -0.497 e. The summed E-state index contributed by atoms with van der Waals surface area (Å²) in [5.41, 5.74) is 1.65. The van der Waals surface area contributed by atoms with Gasteiger partial charge in [0.25, 0.3) is 5.91 Å². The number of ether oxygens (including phenoxy) is 1.